The normalized spacial score (nSPS) is 19.4. The van der Waals surface area contributed by atoms with Crippen LogP contribution in [0.15, 0.2) is 30.3 Å². The Labute approximate surface area is 173 Å². The van der Waals surface area contributed by atoms with Crippen LogP contribution in [-0.4, -0.2) is 66.6 Å². The molecule has 1 fully saturated rings. The molecule has 0 saturated carbocycles. The van der Waals surface area contributed by atoms with Crippen LogP contribution in [0.3, 0.4) is 0 Å². The van der Waals surface area contributed by atoms with Crippen LogP contribution in [0.4, 0.5) is 0 Å². The molecule has 0 bridgehead atoms. The van der Waals surface area contributed by atoms with Crippen LogP contribution in [0, 0.1) is 13.8 Å². The number of carbonyl (C=O) groups is 1. The Kier molecular flexibility index (Phi) is 6.14. The largest absolute Gasteiger partial charge is 0.347 e. The van der Waals surface area contributed by atoms with Crippen LogP contribution in [0.1, 0.15) is 41.0 Å². The highest BCUT2D eigenvalue weighted by Gasteiger charge is 2.32. The van der Waals surface area contributed by atoms with Gasteiger partial charge in [-0.2, -0.15) is 5.10 Å². The molecule has 1 aromatic carbocycles. The summed E-state index contributed by atoms with van der Waals surface area (Å²) in [5.41, 5.74) is 3.84. The molecule has 8 heteroatoms. The zero-order chi connectivity index (χ0) is 21.3. The molecule has 0 N–H and O–H groups in total. The van der Waals surface area contributed by atoms with Crippen molar-refractivity contribution < 1.29 is 13.2 Å². The van der Waals surface area contributed by atoms with Gasteiger partial charge in [-0.25, -0.2) is 8.42 Å². The fraction of sp³-hybridized carbons (Fsp3) is 0.524. The van der Waals surface area contributed by atoms with Gasteiger partial charge in [0, 0.05) is 31.9 Å². The molecule has 29 heavy (non-hydrogen) atoms. The topological polar surface area (TPSA) is 75.5 Å². The van der Waals surface area contributed by atoms with Gasteiger partial charge in [0.2, 0.25) is 5.91 Å². The molecule has 0 spiro atoms. The summed E-state index contributed by atoms with van der Waals surface area (Å²) < 4.78 is 25.6. The van der Waals surface area contributed by atoms with E-state index in [0.717, 1.165) is 22.5 Å². The number of hydrogen-bond acceptors (Lipinski definition) is 5. The first-order valence-electron chi connectivity index (χ1n) is 9.82. The van der Waals surface area contributed by atoms with Crippen LogP contribution in [0.5, 0.6) is 0 Å². The smallest absolute Gasteiger partial charge is 0.244 e. The molecule has 0 aliphatic carbocycles. The number of sulfone groups is 1. The van der Waals surface area contributed by atoms with Crippen molar-refractivity contribution >= 4 is 15.7 Å². The Morgan fingerprint density at radius 1 is 1.21 bits per heavy atom. The van der Waals surface area contributed by atoms with Crippen molar-refractivity contribution in [1.29, 1.82) is 0 Å². The minimum atomic E-state index is -2.98. The molecule has 1 aliphatic rings. The Hall–Kier alpha value is -2.19. The highest BCUT2D eigenvalue weighted by atomic mass is 32.2. The van der Waals surface area contributed by atoms with E-state index in [9.17, 15) is 13.2 Å². The molecule has 1 aliphatic heterocycles. The first-order valence-corrected chi connectivity index (χ1v) is 11.6. The van der Waals surface area contributed by atoms with Crippen molar-refractivity contribution in [2.24, 2.45) is 0 Å². The Balaban J connectivity index is 1.89. The van der Waals surface area contributed by atoms with E-state index in [1.165, 1.54) is 0 Å². The number of rotatable bonds is 6. The molecule has 158 valence electrons. The van der Waals surface area contributed by atoms with Gasteiger partial charge in [-0.1, -0.05) is 30.3 Å². The van der Waals surface area contributed by atoms with Gasteiger partial charge in [-0.15, -0.1) is 0 Å². The van der Waals surface area contributed by atoms with Crippen molar-refractivity contribution in [2.45, 2.75) is 38.9 Å². The molecule has 0 radical (unpaired) electrons. The zero-order valence-corrected chi connectivity index (χ0v) is 18.6. The summed E-state index contributed by atoms with van der Waals surface area (Å²) in [7, 11) is 2.49. The summed E-state index contributed by atoms with van der Waals surface area (Å²) in [5.74, 6) is 0.387. The summed E-state index contributed by atoms with van der Waals surface area (Å²) in [4.78, 5) is 16.6. The van der Waals surface area contributed by atoms with E-state index in [0.29, 0.717) is 13.0 Å². The molecule has 1 aromatic heterocycles. The molecule has 2 aromatic rings. The van der Waals surface area contributed by atoms with Crippen molar-refractivity contribution in [2.75, 3.05) is 32.6 Å². The molecular formula is C21H30N4O3S. The first kappa shape index (κ1) is 21.5. The molecule has 1 amide bonds. The SMILES string of the molecule is Cc1nn([C@@H]2CCS(=O)(=O)C2)c(C)c1CN(C)[C@H](C(=O)N(C)C)c1ccccc1. The van der Waals surface area contributed by atoms with E-state index in [2.05, 4.69) is 5.10 Å². The quantitative estimate of drug-likeness (QED) is 0.718. The number of carbonyl (C=O) groups excluding carboxylic acids is 1. The predicted molar refractivity (Wildman–Crippen MR) is 113 cm³/mol. The zero-order valence-electron chi connectivity index (χ0n) is 17.8. The van der Waals surface area contributed by atoms with Gasteiger partial charge >= 0.3 is 0 Å². The second-order valence-corrected chi connectivity index (χ2v) is 10.3. The number of likely N-dealkylation sites (N-methyl/N-ethyl adjacent to an activating group) is 2. The highest BCUT2D eigenvalue weighted by molar-refractivity contribution is 7.91. The van der Waals surface area contributed by atoms with Crippen molar-refractivity contribution in [3.05, 3.63) is 52.8 Å². The van der Waals surface area contributed by atoms with Crippen LogP contribution >= 0.6 is 0 Å². The van der Waals surface area contributed by atoms with E-state index in [1.807, 2.05) is 60.8 Å². The third kappa shape index (κ3) is 4.53. The van der Waals surface area contributed by atoms with Crippen LogP contribution < -0.4 is 0 Å². The standard InChI is InChI=1S/C21H30N4O3S/c1-15-19(16(2)25(22-15)18-11-12-29(27,28)14-18)13-24(5)20(21(26)23(3)4)17-9-7-6-8-10-17/h6-10,18,20H,11-14H2,1-5H3/t18-,20+/m1/s1. The molecule has 2 atom stereocenters. The van der Waals surface area contributed by atoms with Crippen molar-refractivity contribution in [1.82, 2.24) is 19.6 Å². The molecular weight excluding hydrogens is 388 g/mol. The van der Waals surface area contributed by atoms with Gasteiger partial charge in [0.05, 0.1) is 23.2 Å². The van der Waals surface area contributed by atoms with Gasteiger partial charge in [0.15, 0.2) is 9.84 Å². The number of aryl methyl sites for hydroxylation is 1. The van der Waals surface area contributed by atoms with Crippen LogP contribution in [0.2, 0.25) is 0 Å². The summed E-state index contributed by atoms with van der Waals surface area (Å²) in [6.45, 7) is 4.48. The maximum atomic E-state index is 12.9. The van der Waals surface area contributed by atoms with E-state index in [-0.39, 0.29) is 23.5 Å². The number of benzene rings is 1. The lowest BCUT2D eigenvalue weighted by Gasteiger charge is -2.30. The fourth-order valence-corrected chi connectivity index (χ4v) is 5.75. The maximum absolute atomic E-state index is 12.9. The van der Waals surface area contributed by atoms with E-state index in [1.54, 1.807) is 19.0 Å². The highest BCUT2D eigenvalue weighted by Crippen LogP contribution is 2.29. The second-order valence-electron chi connectivity index (χ2n) is 8.11. The Morgan fingerprint density at radius 3 is 2.41 bits per heavy atom. The second kappa shape index (κ2) is 8.28. The van der Waals surface area contributed by atoms with Crippen molar-refractivity contribution in [3.8, 4) is 0 Å². The molecule has 0 unspecified atom stereocenters. The first-order chi connectivity index (χ1) is 13.6. The summed E-state index contributed by atoms with van der Waals surface area (Å²) in [6, 6.07) is 9.24. The maximum Gasteiger partial charge on any atom is 0.244 e. The summed E-state index contributed by atoms with van der Waals surface area (Å²) in [6.07, 6.45) is 0.603. The number of nitrogens with zero attached hydrogens (tertiary/aromatic N) is 4. The third-order valence-corrected chi connectivity index (χ3v) is 7.42. The molecule has 2 heterocycles. The Bertz CT molecular complexity index is 983. The van der Waals surface area contributed by atoms with E-state index in [4.69, 9.17) is 0 Å². The van der Waals surface area contributed by atoms with Gasteiger partial charge in [-0.05, 0) is 32.9 Å². The minimum Gasteiger partial charge on any atom is -0.347 e. The van der Waals surface area contributed by atoms with E-state index >= 15 is 0 Å². The number of aromatic nitrogens is 2. The molecule has 7 nitrogen and oxygen atoms in total. The summed E-state index contributed by atoms with van der Waals surface area (Å²) >= 11 is 0. The monoisotopic (exact) mass is 418 g/mol. The van der Waals surface area contributed by atoms with Gasteiger partial charge < -0.3 is 4.90 Å². The fourth-order valence-electron chi connectivity index (χ4n) is 4.06. The predicted octanol–water partition coefficient (Wildman–Crippen LogP) is 2.12. The van der Waals surface area contributed by atoms with Gasteiger partial charge in [0.1, 0.15) is 6.04 Å². The average molecular weight is 419 g/mol. The van der Waals surface area contributed by atoms with Crippen LogP contribution in [-0.2, 0) is 21.2 Å². The lowest BCUT2D eigenvalue weighted by Crippen LogP contribution is -2.38. The average Bonchev–Trinajstić information content (AvgIpc) is 3.16. The minimum absolute atomic E-state index is 0.0169. The Morgan fingerprint density at radius 2 is 1.86 bits per heavy atom. The molecule has 3 rings (SSSR count). The van der Waals surface area contributed by atoms with Gasteiger partial charge in [-0.3, -0.25) is 14.4 Å². The third-order valence-electron chi connectivity index (χ3n) is 5.67. The lowest BCUT2D eigenvalue weighted by atomic mass is 10.0. The lowest BCUT2D eigenvalue weighted by molar-refractivity contribution is -0.134. The van der Waals surface area contributed by atoms with Crippen LogP contribution in [0.25, 0.3) is 0 Å². The number of amides is 1. The molecule has 1 saturated heterocycles. The summed E-state index contributed by atoms with van der Waals surface area (Å²) in [5, 5.41) is 4.65. The van der Waals surface area contributed by atoms with E-state index < -0.39 is 15.9 Å². The van der Waals surface area contributed by atoms with Gasteiger partial charge in [0.25, 0.3) is 0 Å². The van der Waals surface area contributed by atoms with Crippen molar-refractivity contribution in [3.63, 3.8) is 0 Å². The number of hydrogen-bond donors (Lipinski definition) is 0.